The summed E-state index contributed by atoms with van der Waals surface area (Å²) in [6.07, 6.45) is 0.648. The molecule has 1 atom stereocenters. The zero-order valence-electron chi connectivity index (χ0n) is 13.7. The van der Waals surface area contributed by atoms with Gasteiger partial charge in [-0.3, -0.25) is 4.72 Å². The van der Waals surface area contributed by atoms with Crippen LogP contribution in [0, 0.1) is 5.82 Å². The molecule has 0 amide bonds. The quantitative estimate of drug-likeness (QED) is 0.765. The van der Waals surface area contributed by atoms with Crippen molar-refractivity contribution in [3.05, 3.63) is 54.3 Å². The Morgan fingerprint density at radius 2 is 1.36 bits per heavy atom. The van der Waals surface area contributed by atoms with Gasteiger partial charge in [-0.1, -0.05) is 6.92 Å². The van der Waals surface area contributed by atoms with E-state index in [-0.39, 0.29) is 21.5 Å². The fourth-order valence-corrected chi connectivity index (χ4v) is 4.33. The van der Waals surface area contributed by atoms with Crippen molar-refractivity contribution >= 4 is 25.7 Å². The third-order valence-electron chi connectivity index (χ3n) is 3.51. The first kappa shape index (κ1) is 19.4. The van der Waals surface area contributed by atoms with Gasteiger partial charge in [0.25, 0.3) is 10.0 Å². The number of hydrogen-bond donors (Lipinski definition) is 2. The first-order valence-corrected chi connectivity index (χ1v) is 10.5. The van der Waals surface area contributed by atoms with Gasteiger partial charge in [0.2, 0.25) is 10.0 Å². The first-order chi connectivity index (χ1) is 11.6. The van der Waals surface area contributed by atoms with Gasteiger partial charge in [0.1, 0.15) is 5.82 Å². The van der Waals surface area contributed by atoms with Gasteiger partial charge in [-0.05, 0) is 61.9 Å². The Morgan fingerprint density at radius 1 is 0.880 bits per heavy atom. The molecule has 0 bridgehead atoms. The second-order valence-electron chi connectivity index (χ2n) is 5.51. The Bertz CT molecular complexity index is 925. The van der Waals surface area contributed by atoms with Crippen LogP contribution in [0.4, 0.5) is 10.1 Å². The first-order valence-electron chi connectivity index (χ1n) is 7.55. The SMILES string of the molecule is CC[C@H](C)NS(=O)(=O)c1ccc(NS(=O)(=O)c2ccc(F)cc2)cc1. The maximum atomic E-state index is 12.9. The zero-order chi connectivity index (χ0) is 18.7. The second kappa shape index (κ2) is 7.51. The van der Waals surface area contributed by atoms with E-state index >= 15 is 0 Å². The third kappa shape index (κ3) is 5.00. The van der Waals surface area contributed by atoms with Crippen LogP contribution in [0.25, 0.3) is 0 Å². The molecule has 6 nitrogen and oxygen atoms in total. The Hall–Kier alpha value is -1.97. The van der Waals surface area contributed by atoms with E-state index in [1.807, 2.05) is 6.92 Å². The van der Waals surface area contributed by atoms with Crippen LogP contribution >= 0.6 is 0 Å². The van der Waals surface area contributed by atoms with Gasteiger partial charge in [0.15, 0.2) is 0 Å². The number of hydrogen-bond acceptors (Lipinski definition) is 4. The topological polar surface area (TPSA) is 92.3 Å². The number of rotatable bonds is 7. The molecular formula is C16H19FN2O4S2. The van der Waals surface area contributed by atoms with Crippen molar-refractivity contribution in [3.63, 3.8) is 0 Å². The largest absolute Gasteiger partial charge is 0.280 e. The molecule has 2 aromatic rings. The molecule has 0 unspecified atom stereocenters. The molecule has 0 saturated heterocycles. The van der Waals surface area contributed by atoms with Crippen molar-refractivity contribution in [2.45, 2.75) is 36.1 Å². The fraction of sp³-hybridized carbons (Fsp3) is 0.250. The van der Waals surface area contributed by atoms with Gasteiger partial charge in [-0.25, -0.2) is 25.9 Å². The van der Waals surface area contributed by atoms with Gasteiger partial charge < -0.3 is 0 Å². The summed E-state index contributed by atoms with van der Waals surface area (Å²) in [6, 6.07) is 9.51. The molecular weight excluding hydrogens is 367 g/mol. The van der Waals surface area contributed by atoms with E-state index in [4.69, 9.17) is 0 Å². The van der Waals surface area contributed by atoms with E-state index in [1.54, 1.807) is 6.92 Å². The highest BCUT2D eigenvalue weighted by atomic mass is 32.2. The van der Waals surface area contributed by atoms with E-state index < -0.39 is 25.9 Å². The standard InChI is InChI=1S/C16H19FN2O4S2/c1-3-12(2)18-24(20,21)16-10-6-14(7-11-16)19-25(22,23)15-8-4-13(17)5-9-15/h4-12,18-19H,3H2,1-2H3/t12-/m0/s1. The van der Waals surface area contributed by atoms with E-state index in [0.29, 0.717) is 6.42 Å². The van der Waals surface area contributed by atoms with Gasteiger partial charge in [-0.2, -0.15) is 0 Å². The molecule has 0 radical (unpaired) electrons. The molecule has 0 aliphatic heterocycles. The summed E-state index contributed by atoms with van der Waals surface area (Å²) < 4.78 is 66.5. The molecule has 25 heavy (non-hydrogen) atoms. The van der Waals surface area contributed by atoms with E-state index in [0.717, 1.165) is 24.3 Å². The normalized spacial score (nSPS) is 13.4. The van der Waals surface area contributed by atoms with E-state index in [9.17, 15) is 21.2 Å². The highest BCUT2D eigenvalue weighted by Gasteiger charge is 2.18. The number of halogens is 1. The van der Waals surface area contributed by atoms with Gasteiger partial charge in [-0.15, -0.1) is 0 Å². The molecule has 2 rings (SSSR count). The minimum atomic E-state index is -3.88. The Kier molecular flexibility index (Phi) is 5.81. The maximum absolute atomic E-state index is 12.9. The summed E-state index contributed by atoms with van der Waals surface area (Å²) in [4.78, 5) is -0.0541. The van der Waals surface area contributed by atoms with Crippen molar-refractivity contribution in [3.8, 4) is 0 Å². The van der Waals surface area contributed by atoms with Crippen LogP contribution < -0.4 is 9.44 Å². The summed E-state index contributed by atoms with van der Waals surface area (Å²) in [5, 5.41) is 0. The minimum Gasteiger partial charge on any atom is -0.280 e. The number of sulfonamides is 2. The molecule has 136 valence electrons. The molecule has 0 heterocycles. The number of anilines is 1. The lowest BCUT2D eigenvalue weighted by atomic mass is 10.3. The van der Waals surface area contributed by atoms with Crippen molar-refractivity contribution < 1.29 is 21.2 Å². The molecule has 2 aromatic carbocycles. The minimum absolute atomic E-state index is 0.0394. The van der Waals surface area contributed by atoms with Crippen LogP contribution in [0.5, 0.6) is 0 Å². The maximum Gasteiger partial charge on any atom is 0.261 e. The monoisotopic (exact) mass is 386 g/mol. The third-order valence-corrected chi connectivity index (χ3v) is 6.51. The Morgan fingerprint density at radius 3 is 1.88 bits per heavy atom. The predicted octanol–water partition coefficient (Wildman–Crippen LogP) is 2.70. The van der Waals surface area contributed by atoms with E-state index in [2.05, 4.69) is 9.44 Å². The fourth-order valence-electron chi connectivity index (χ4n) is 1.95. The van der Waals surface area contributed by atoms with Crippen LogP contribution in [0.3, 0.4) is 0 Å². The highest BCUT2D eigenvalue weighted by molar-refractivity contribution is 7.92. The molecule has 0 fully saturated rings. The Balaban J connectivity index is 2.19. The molecule has 0 aromatic heterocycles. The van der Waals surface area contributed by atoms with Crippen molar-refractivity contribution in [1.82, 2.24) is 4.72 Å². The predicted molar refractivity (Wildman–Crippen MR) is 93.7 cm³/mol. The van der Waals surface area contributed by atoms with Crippen molar-refractivity contribution in [2.24, 2.45) is 0 Å². The summed E-state index contributed by atoms with van der Waals surface area (Å²) in [5.41, 5.74) is 0.201. The van der Waals surface area contributed by atoms with Crippen LogP contribution in [-0.4, -0.2) is 22.9 Å². The lowest BCUT2D eigenvalue weighted by Gasteiger charge is -2.13. The van der Waals surface area contributed by atoms with Crippen LogP contribution in [0.1, 0.15) is 20.3 Å². The molecule has 0 saturated carbocycles. The average molecular weight is 386 g/mol. The summed E-state index contributed by atoms with van der Waals surface area (Å²) >= 11 is 0. The zero-order valence-corrected chi connectivity index (χ0v) is 15.4. The number of benzene rings is 2. The second-order valence-corrected chi connectivity index (χ2v) is 8.91. The van der Waals surface area contributed by atoms with Crippen LogP contribution in [0.15, 0.2) is 58.3 Å². The lowest BCUT2D eigenvalue weighted by Crippen LogP contribution is -2.31. The van der Waals surface area contributed by atoms with Crippen LogP contribution in [-0.2, 0) is 20.0 Å². The summed E-state index contributed by atoms with van der Waals surface area (Å²) in [5.74, 6) is -0.540. The van der Waals surface area contributed by atoms with Crippen LogP contribution in [0.2, 0.25) is 0 Å². The van der Waals surface area contributed by atoms with Crippen molar-refractivity contribution in [1.29, 1.82) is 0 Å². The lowest BCUT2D eigenvalue weighted by molar-refractivity contribution is 0.556. The molecule has 2 N–H and O–H groups in total. The molecule has 0 aliphatic rings. The summed E-state index contributed by atoms with van der Waals surface area (Å²) in [6.45, 7) is 3.61. The average Bonchev–Trinajstić information content (AvgIpc) is 2.55. The van der Waals surface area contributed by atoms with Gasteiger partial charge in [0.05, 0.1) is 9.79 Å². The van der Waals surface area contributed by atoms with Gasteiger partial charge in [0, 0.05) is 11.7 Å². The van der Waals surface area contributed by atoms with Gasteiger partial charge >= 0.3 is 0 Å². The number of nitrogens with one attached hydrogen (secondary N) is 2. The Labute approximate surface area is 147 Å². The highest BCUT2D eigenvalue weighted by Crippen LogP contribution is 2.19. The molecule has 0 aliphatic carbocycles. The summed E-state index contributed by atoms with van der Waals surface area (Å²) in [7, 11) is -7.54. The molecule has 9 heteroatoms. The smallest absolute Gasteiger partial charge is 0.261 e. The molecule has 0 spiro atoms. The van der Waals surface area contributed by atoms with E-state index in [1.165, 1.54) is 24.3 Å². The van der Waals surface area contributed by atoms with Crippen molar-refractivity contribution in [2.75, 3.05) is 4.72 Å².